The summed E-state index contributed by atoms with van der Waals surface area (Å²) in [6.07, 6.45) is 0.801. The van der Waals surface area contributed by atoms with Crippen molar-refractivity contribution in [3.63, 3.8) is 0 Å². The van der Waals surface area contributed by atoms with E-state index in [9.17, 15) is 21.6 Å². The van der Waals surface area contributed by atoms with Crippen molar-refractivity contribution in [3.05, 3.63) is 59.7 Å². The molecular weight excluding hydrogens is 438 g/mol. The van der Waals surface area contributed by atoms with Gasteiger partial charge in [0.15, 0.2) is 0 Å². The van der Waals surface area contributed by atoms with Gasteiger partial charge in [0.05, 0.1) is 9.79 Å². The van der Waals surface area contributed by atoms with Crippen molar-refractivity contribution in [2.75, 3.05) is 6.54 Å². The molecule has 0 aliphatic carbocycles. The first kappa shape index (κ1) is 25.0. The van der Waals surface area contributed by atoms with Crippen LogP contribution >= 0.6 is 0 Å². The van der Waals surface area contributed by atoms with Crippen LogP contribution in [0.25, 0.3) is 0 Å². The number of hydrogen-bond acceptors (Lipinski definition) is 5. The number of benzene rings is 2. The molecule has 2 rings (SSSR count). The van der Waals surface area contributed by atoms with Gasteiger partial charge in [0.2, 0.25) is 26.0 Å². The molecule has 0 aromatic heterocycles. The number of sulfonamides is 2. The molecule has 8 nitrogen and oxygen atoms in total. The minimum Gasteiger partial charge on any atom is -0.354 e. The number of primary sulfonamides is 1. The van der Waals surface area contributed by atoms with Crippen molar-refractivity contribution < 1.29 is 21.6 Å². The van der Waals surface area contributed by atoms with Crippen LogP contribution in [0.15, 0.2) is 58.3 Å². The van der Waals surface area contributed by atoms with Gasteiger partial charge in [-0.3, -0.25) is 4.79 Å². The zero-order valence-electron chi connectivity index (χ0n) is 17.8. The van der Waals surface area contributed by atoms with Crippen LogP contribution < -0.4 is 15.2 Å². The molecule has 2 aromatic rings. The normalized spacial score (nSPS) is 13.2. The summed E-state index contributed by atoms with van der Waals surface area (Å²) in [5.41, 5.74) is 1.75. The van der Waals surface area contributed by atoms with Gasteiger partial charge < -0.3 is 5.32 Å². The number of nitrogens with one attached hydrogen (secondary N) is 2. The van der Waals surface area contributed by atoms with Crippen LogP contribution in [0.3, 0.4) is 0 Å². The minimum absolute atomic E-state index is 0.0165. The van der Waals surface area contributed by atoms with E-state index in [0.29, 0.717) is 12.8 Å². The van der Waals surface area contributed by atoms with E-state index in [-0.39, 0.29) is 22.3 Å². The van der Waals surface area contributed by atoms with E-state index in [1.54, 1.807) is 24.3 Å². The summed E-state index contributed by atoms with van der Waals surface area (Å²) < 4.78 is 50.5. The van der Waals surface area contributed by atoms with Gasteiger partial charge in [-0.05, 0) is 55.5 Å². The number of amides is 1. The second-order valence-electron chi connectivity index (χ2n) is 7.85. The molecule has 2 aromatic carbocycles. The zero-order chi connectivity index (χ0) is 23.2. The third-order valence-corrected chi connectivity index (χ3v) is 7.03. The Morgan fingerprint density at radius 3 is 2.00 bits per heavy atom. The number of carbonyl (C=O) groups excluding carboxylic acids is 1. The fourth-order valence-electron chi connectivity index (χ4n) is 2.95. The lowest BCUT2D eigenvalue weighted by atomic mass is 10.0. The molecule has 0 saturated carbocycles. The van der Waals surface area contributed by atoms with Crippen molar-refractivity contribution >= 4 is 26.0 Å². The summed E-state index contributed by atoms with van der Waals surface area (Å²) in [6, 6.07) is 11.6. The van der Waals surface area contributed by atoms with Gasteiger partial charge in [0.1, 0.15) is 6.04 Å². The maximum absolute atomic E-state index is 12.7. The molecule has 0 aliphatic heterocycles. The van der Waals surface area contributed by atoms with Gasteiger partial charge in [-0.15, -0.1) is 0 Å². The minimum atomic E-state index is -3.84. The first-order chi connectivity index (χ1) is 14.4. The molecule has 0 radical (unpaired) electrons. The van der Waals surface area contributed by atoms with E-state index in [0.717, 1.165) is 11.1 Å². The third-order valence-electron chi connectivity index (χ3n) is 4.62. The van der Waals surface area contributed by atoms with E-state index in [2.05, 4.69) is 10.0 Å². The topological polar surface area (TPSA) is 135 Å². The van der Waals surface area contributed by atoms with Crippen molar-refractivity contribution in [2.45, 2.75) is 49.4 Å². The lowest BCUT2D eigenvalue weighted by molar-refractivity contribution is -0.123. The molecule has 0 bridgehead atoms. The molecule has 0 heterocycles. The largest absolute Gasteiger partial charge is 0.354 e. The fraction of sp³-hybridized carbons (Fsp3) is 0.381. The van der Waals surface area contributed by atoms with E-state index in [1.807, 2.05) is 20.8 Å². The first-order valence-corrected chi connectivity index (χ1v) is 12.9. The van der Waals surface area contributed by atoms with Gasteiger partial charge in [0.25, 0.3) is 0 Å². The molecule has 1 atom stereocenters. The summed E-state index contributed by atoms with van der Waals surface area (Å²) >= 11 is 0. The summed E-state index contributed by atoms with van der Waals surface area (Å²) in [6.45, 7) is 5.96. The Hall–Kier alpha value is -2.27. The van der Waals surface area contributed by atoms with Gasteiger partial charge in [-0.2, -0.15) is 4.72 Å². The quantitative estimate of drug-likeness (QED) is 0.489. The van der Waals surface area contributed by atoms with Crippen LogP contribution in [-0.2, 0) is 31.3 Å². The monoisotopic (exact) mass is 467 g/mol. The van der Waals surface area contributed by atoms with Gasteiger partial charge in [0, 0.05) is 6.54 Å². The van der Waals surface area contributed by atoms with Crippen molar-refractivity contribution in [3.8, 4) is 0 Å². The Bertz CT molecular complexity index is 1090. The first-order valence-electron chi connectivity index (χ1n) is 9.87. The van der Waals surface area contributed by atoms with Crippen LogP contribution in [0.5, 0.6) is 0 Å². The molecule has 0 saturated heterocycles. The van der Waals surface area contributed by atoms with Crippen LogP contribution in [0.2, 0.25) is 0 Å². The maximum Gasteiger partial charge on any atom is 0.241 e. The summed E-state index contributed by atoms with van der Waals surface area (Å²) in [5, 5.41) is 7.83. The number of nitrogens with two attached hydrogens (primary N) is 1. The van der Waals surface area contributed by atoms with Crippen molar-refractivity contribution in [1.29, 1.82) is 0 Å². The van der Waals surface area contributed by atoms with Crippen LogP contribution in [-0.4, -0.2) is 35.3 Å². The number of hydrogen-bond donors (Lipinski definition) is 3. The van der Waals surface area contributed by atoms with E-state index in [4.69, 9.17) is 5.14 Å². The smallest absolute Gasteiger partial charge is 0.241 e. The summed E-state index contributed by atoms with van der Waals surface area (Å²) in [7, 11) is -7.60. The van der Waals surface area contributed by atoms with E-state index < -0.39 is 32.0 Å². The highest BCUT2D eigenvalue weighted by Crippen LogP contribution is 2.14. The molecule has 0 spiro atoms. The Kier molecular flexibility index (Phi) is 8.35. The molecular formula is C21H29N3O5S2. The Morgan fingerprint density at radius 1 is 0.935 bits per heavy atom. The highest BCUT2D eigenvalue weighted by Gasteiger charge is 2.26. The second kappa shape index (κ2) is 10.4. The van der Waals surface area contributed by atoms with Gasteiger partial charge >= 0.3 is 0 Å². The van der Waals surface area contributed by atoms with E-state index >= 15 is 0 Å². The molecule has 1 amide bonds. The molecule has 170 valence electrons. The van der Waals surface area contributed by atoms with Crippen molar-refractivity contribution in [2.24, 2.45) is 11.1 Å². The van der Waals surface area contributed by atoms with Crippen LogP contribution in [0, 0.1) is 12.8 Å². The van der Waals surface area contributed by atoms with Crippen LogP contribution in [0.1, 0.15) is 31.4 Å². The van der Waals surface area contributed by atoms with Crippen molar-refractivity contribution in [1.82, 2.24) is 10.0 Å². The SMILES string of the molecule is Cc1ccc(S(=O)(=O)N[C@@H](CC(C)C)C(=O)NCCc2ccc(S(N)(=O)=O)cc2)cc1. The number of carbonyl (C=O) groups is 1. The molecule has 0 fully saturated rings. The Morgan fingerprint density at radius 2 is 1.48 bits per heavy atom. The molecule has 4 N–H and O–H groups in total. The predicted molar refractivity (Wildman–Crippen MR) is 119 cm³/mol. The Labute approximate surface area is 184 Å². The van der Waals surface area contributed by atoms with Gasteiger partial charge in [-0.1, -0.05) is 43.7 Å². The van der Waals surface area contributed by atoms with Gasteiger partial charge in [-0.25, -0.2) is 22.0 Å². The molecule has 0 unspecified atom stereocenters. The summed E-state index contributed by atoms with van der Waals surface area (Å²) in [4.78, 5) is 12.8. The average Bonchev–Trinajstić information content (AvgIpc) is 2.67. The van der Waals surface area contributed by atoms with Crippen LogP contribution in [0.4, 0.5) is 0 Å². The lowest BCUT2D eigenvalue weighted by Gasteiger charge is -2.20. The predicted octanol–water partition coefficient (Wildman–Crippen LogP) is 1.69. The van der Waals surface area contributed by atoms with E-state index in [1.165, 1.54) is 24.3 Å². The fourth-order valence-corrected chi connectivity index (χ4v) is 4.68. The molecule has 0 aliphatic rings. The molecule has 10 heteroatoms. The highest BCUT2D eigenvalue weighted by molar-refractivity contribution is 7.89. The molecule has 31 heavy (non-hydrogen) atoms. The third kappa shape index (κ3) is 7.73. The highest BCUT2D eigenvalue weighted by atomic mass is 32.2. The Balaban J connectivity index is 2.01. The standard InChI is InChI=1S/C21H29N3O5S2/c1-15(2)14-20(24-31(28,29)19-8-4-16(3)5-9-19)21(25)23-13-12-17-6-10-18(11-7-17)30(22,26)27/h4-11,15,20,24H,12-14H2,1-3H3,(H,23,25)(H2,22,26,27)/t20-/m0/s1. The number of rotatable bonds is 10. The zero-order valence-corrected chi connectivity index (χ0v) is 19.5. The maximum atomic E-state index is 12.7. The average molecular weight is 468 g/mol. The summed E-state index contributed by atoms with van der Waals surface area (Å²) in [5.74, 6) is -0.312. The second-order valence-corrected chi connectivity index (χ2v) is 11.1. The number of aryl methyl sites for hydroxylation is 1. The lowest BCUT2D eigenvalue weighted by Crippen LogP contribution is -2.47.